The minimum atomic E-state index is -0.315. The first-order chi connectivity index (χ1) is 16.2. The van der Waals surface area contributed by atoms with Gasteiger partial charge in [-0.05, 0) is 55.8 Å². The molecule has 1 fully saturated rings. The maximum absolute atomic E-state index is 12.5. The van der Waals surface area contributed by atoms with Crippen molar-refractivity contribution in [1.82, 2.24) is 20.5 Å². The van der Waals surface area contributed by atoms with Gasteiger partial charge in [0, 0.05) is 38.4 Å². The van der Waals surface area contributed by atoms with Crippen LogP contribution >= 0.6 is 12.4 Å². The molecule has 184 valence electrons. The Labute approximate surface area is 207 Å². The Balaban J connectivity index is 0.00000408. The third-order valence-corrected chi connectivity index (χ3v) is 5.37. The third kappa shape index (κ3) is 8.78. The molecule has 2 aromatic rings. The molecule has 0 atom stereocenters. The Bertz CT molecular complexity index is 948. The second kappa shape index (κ2) is 15.1. The fourth-order valence-corrected chi connectivity index (χ4v) is 3.70. The average molecular weight is 488 g/mol. The Morgan fingerprint density at radius 3 is 2.44 bits per heavy atom. The lowest BCUT2D eigenvalue weighted by molar-refractivity contribution is 0.0922. The molecule has 1 aromatic carbocycles. The highest BCUT2D eigenvalue weighted by Gasteiger charge is 2.15. The predicted octanol–water partition coefficient (Wildman–Crippen LogP) is 2.54. The first-order valence-corrected chi connectivity index (χ1v) is 11.5. The van der Waals surface area contributed by atoms with Crippen LogP contribution in [0.4, 0.5) is 0 Å². The first-order valence-electron chi connectivity index (χ1n) is 11.5. The number of rotatable bonds is 11. The maximum Gasteiger partial charge on any atom is 0.252 e. The highest BCUT2D eigenvalue weighted by Crippen LogP contribution is 2.15. The molecule has 1 aromatic heterocycles. The van der Waals surface area contributed by atoms with E-state index in [1.807, 2.05) is 24.3 Å². The number of ether oxygens (including phenoxy) is 1. The van der Waals surface area contributed by atoms with E-state index in [1.54, 1.807) is 30.5 Å². The zero-order valence-corrected chi connectivity index (χ0v) is 20.2. The van der Waals surface area contributed by atoms with Crippen molar-refractivity contribution < 1.29 is 14.3 Å². The van der Waals surface area contributed by atoms with Crippen LogP contribution in [-0.2, 0) is 6.54 Å². The van der Waals surface area contributed by atoms with Crippen molar-refractivity contribution in [3.63, 3.8) is 0 Å². The van der Waals surface area contributed by atoms with Crippen LogP contribution in [0.3, 0.4) is 0 Å². The Morgan fingerprint density at radius 2 is 1.74 bits per heavy atom. The van der Waals surface area contributed by atoms with E-state index in [9.17, 15) is 9.59 Å². The third-order valence-electron chi connectivity index (χ3n) is 5.37. The molecule has 4 N–H and O–H groups in total. The van der Waals surface area contributed by atoms with Crippen LogP contribution in [0, 0.1) is 0 Å². The Morgan fingerprint density at radius 1 is 1.03 bits per heavy atom. The number of carbonyl (C=O) groups excluding carboxylic acids is 2. The fraction of sp³-hybridized carbons (Fsp3) is 0.400. The number of nitrogens with one attached hydrogen (secondary N) is 2. The summed E-state index contributed by atoms with van der Waals surface area (Å²) < 4.78 is 5.72. The lowest BCUT2D eigenvalue weighted by Crippen LogP contribution is -2.32. The van der Waals surface area contributed by atoms with Gasteiger partial charge in [0.1, 0.15) is 6.61 Å². The van der Waals surface area contributed by atoms with E-state index in [0.29, 0.717) is 43.2 Å². The molecule has 1 aliphatic rings. The number of likely N-dealkylation sites (tertiary alicyclic amines) is 1. The van der Waals surface area contributed by atoms with Gasteiger partial charge < -0.3 is 21.1 Å². The van der Waals surface area contributed by atoms with Crippen molar-refractivity contribution in [2.24, 2.45) is 5.73 Å². The average Bonchev–Trinajstić information content (AvgIpc) is 2.85. The van der Waals surface area contributed by atoms with Gasteiger partial charge in [-0.3, -0.25) is 14.5 Å². The highest BCUT2D eigenvalue weighted by molar-refractivity contribution is 6.07. The summed E-state index contributed by atoms with van der Waals surface area (Å²) in [7, 11) is 0. The molecule has 8 nitrogen and oxygen atoms in total. The van der Waals surface area contributed by atoms with Crippen LogP contribution in [0.15, 0.2) is 54.7 Å². The van der Waals surface area contributed by atoms with Gasteiger partial charge in [-0.25, -0.2) is 4.98 Å². The topological polar surface area (TPSA) is 110 Å². The van der Waals surface area contributed by atoms with E-state index < -0.39 is 0 Å². The number of pyridine rings is 1. The molecule has 0 spiro atoms. The molecule has 1 saturated heterocycles. The largest absolute Gasteiger partial charge is 0.473 e. The first kappa shape index (κ1) is 27.3. The van der Waals surface area contributed by atoms with E-state index in [-0.39, 0.29) is 24.2 Å². The van der Waals surface area contributed by atoms with Crippen LogP contribution in [0.1, 0.15) is 45.5 Å². The van der Waals surface area contributed by atoms with Crippen molar-refractivity contribution in [1.29, 1.82) is 0 Å². The summed E-state index contributed by atoms with van der Waals surface area (Å²) in [6.07, 6.45) is 9.28. The van der Waals surface area contributed by atoms with Gasteiger partial charge in [-0.1, -0.05) is 24.6 Å². The van der Waals surface area contributed by atoms with Gasteiger partial charge in [-0.15, -0.1) is 12.4 Å². The van der Waals surface area contributed by atoms with Gasteiger partial charge >= 0.3 is 0 Å². The zero-order chi connectivity index (χ0) is 23.3. The van der Waals surface area contributed by atoms with Crippen LogP contribution in [0.2, 0.25) is 0 Å². The van der Waals surface area contributed by atoms with Gasteiger partial charge in [0.25, 0.3) is 11.8 Å². The summed E-state index contributed by atoms with van der Waals surface area (Å²) >= 11 is 0. The van der Waals surface area contributed by atoms with Crippen molar-refractivity contribution >= 4 is 24.2 Å². The molecule has 0 unspecified atom stereocenters. The van der Waals surface area contributed by atoms with Gasteiger partial charge in [0.2, 0.25) is 5.88 Å². The monoisotopic (exact) mass is 487 g/mol. The number of hydrogen-bond donors (Lipinski definition) is 3. The molecule has 1 aliphatic heterocycles. The molecule has 3 rings (SSSR count). The van der Waals surface area contributed by atoms with E-state index in [2.05, 4.69) is 20.5 Å². The lowest BCUT2D eigenvalue weighted by Gasteiger charge is -2.26. The molecular weight excluding hydrogens is 454 g/mol. The Hall–Kier alpha value is -2.94. The highest BCUT2D eigenvalue weighted by atomic mass is 35.5. The minimum absolute atomic E-state index is 0. The number of benzene rings is 1. The molecule has 34 heavy (non-hydrogen) atoms. The fourth-order valence-electron chi connectivity index (χ4n) is 3.70. The SMILES string of the molecule is Cl.NCCNC(=O)c1ccccc1C(=O)NC/C=C\COc1cc(CN2CCCCC2)ccn1. The van der Waals surface area contributed by atoms with Crippen LogP contribution in [0.25, 0.3) is 0 Å². The Kier molecular flexibility index (Phi) is 12.1. The zero-order valence-electron chi connectivity index (χ0n) is 19.4. The summed E-state index contributed by atoms with van der Waals surface area (Å²) in [5.74, 6) is -0.0353. The van der Waals surface area contributed by atoms with E-state index >= 15 is 0 Å². The van der Waals surface area contributed by atoms with Gasteiger partial charge in [-0.2, -0.15) is 0 Å². The molecular formula is C25H34ClN5O3. The van der Waals surface area contributed by atoms with Crippen molar-refractivity contribution in [2.75, 3.05) is 39.3 Å². The van der Waals surface area contributed by atoms with Crippen molar-refractivity contribution in [3.8, 4) is 5.88 Å². The van der Waals surface area contributed by atoms with Gasteiger partial charge in [0.15, 0.2) is 0 Å². The normalized spacial score (nSPS) is 13.8. The van der Waals surface area contributed by atoms with Crippen LogP contribution in [0.5, 0.6) is 5.88 Å². The summed E-state index contributed by atoms with van der Waals surface area (Å²) in [4.78, 5) is 31.5. The number of nitrogens with two attached hydrogens (primary N) is 1. The summed E-state index contributed by atoms with van der Waals surface area (Å²) in [6.45, 7) is 4.59. The number of amides is 2. The lowest BCUT2D eigenvalue weighted by atomic mass is 10.1. The molecule has 0 saturated carbocycles. The van der Waals surface area contributed by atoms with Crippen molar-refractivity contribution in [3.05, 3.63) is 71.4 Å². The quantitative estimate of drug-likeness (QED) is 0.420. The number of halogens is 1. The van der Waals surface area contributed by atoms with E-state index in [4.69, 9.17) is 10.5 Å². The molecule has 0 aliphatic carbocycles. The molecule has 2 amide bonds. The second-order valence-electron chi connectivity index (χ2n) is 7.92. The van der Waals surface area contributed by atoms with Gasteiger partial charge in [0.05, 0.1) is 11.1 Å². The second-order valence-corrected chi connectivity index (χ2v) is 7.92. The molecule has 0 bridgehead atoms. The van der Waals surface area contributed by atoms with Crippen LogP contribution in [-0.4, -0.2) is 61.0 Å². The smallest absolute Gasteiger partial charge is 0.252 e. The number of aromatic nitrogens is 1. The standard InChI is InChI=1S/C25H33N5O3.ClH/c26-11-14-29-25(32)22-9-3-2-8-21(22)24(31)28-12-4-7-17-33-23-18-20(10-13-27-23)19-30-15-5-1-6-16-30;/h2-4,7-10,13,18H,1,5-6,11-12,14-17,19,26H2,(H,28,31)(H,29,32);1H/b7-4-;. The molecule has 2 heterocycles. The van der Waals surface area contributed by atoms with E-state index in [1.165, 1.54) is 24.8 Å². The summed E-state index contributed by atoms with van der Waals surface area (Å²) in [6, 6.07) is 10.7. The van der Waals surface area contributed by atoms with Crippen molar-refractivity contribution in [2.45, 2.75) is 25.8 Å². The summed E-state index contributed by atoms with van der Waals surface area (Å²) in [5.41, 5.74) is 7.28. The minimum Gasteiger partial charge on any atom is -0.473 e. The number of nitrogens with zero attached hydrogens (tertiary/aromatic N) is 2. The maximum atomic E-state index is 12.5. The summed E-state index contributed by atoms with van der Waals surface area (Å²) in [5, 5.41) is 5.48. The molecule has 0 radical (unpaired) electrons. The van der Waals surface area contributed by atoms with Crippen LogP contribution < -0.4 is 21.1 Å². The molecule has 9 heteroatoms. The predicted molar refractivity (Wildman–Crippen MR) is 135 cm³/mol. The number of hydrogen-bond acceptors (Lipinski definition) is 6. The number of piperidine rings is 1. The van der Waals surface area contributed by atoms with E-state index in [0.717, 1.165) is 19.6 Å². The number of carbonyl (C=O) groups is 2.